The maximum Gasteiger partial charge on any atom is 0.230 e. The summed E-state index contributed by atoms with van der Waals surface area (Å²) < 4.78 is 28.5. The van der Waals surface area contributed by atoms with E-state index in [9.17, 15) is 8.42 Å². The summed E-state index contributed by atoms with van der Waals surface area (Å²) in [5.74, 6) is 1.75. The molecule has 4 rings (SSSR count). The van der Waals surface area contributed by atoms with Gasteiger partial charge in [-0.3, -0.25) is 0 Å². The van der Waals surface area contributed by atoms with Crippen LogP contribution < -0.4 is 0 Å². The Morgan fingerprint density at radius 3 is 2.70 bits per heavy atom. The van der Waals surface area contributed by atoms with Gasteiger partial charge in [0.1, 0.15) is 0 Å². The Balaban J connectivity index is 1.49. The monoisotopic (exact) mass is 372 g/mol. The summed E-state index contributed by atoms with van der Waals surface area (Å²) >= 11 is 12.0. The van der Waals surface area contributed by atoms with Crippen molar-refractivity contribution in [1.82, 2.24) is 10.1 Å². The van der Waals surface area contributed by atoms with E-state index in [0.29, 0.717) is 34.1 Å². The second-order valence-electron chi connectivity index (χ2n) is 6.21. The Hall–Kier alpha value is -1.11. The van der Waals surface area contributed by atoms with E-state index in [4.69, 9.17) is 27.7 Å². The smallest absolute Gasteiger partial charge is 0.230 e. The van der Waals surface area contributed by atoms with Crippen molar-refractivity contribution in [3.63, 3.8) is 0 Å². The van der Waals surface area contributed by atoms with Crippen LogP contribution in [0.1, 0.15) is 47.9 Å². The van der Waals surface area contributed by atoms with E-state index < -0.39 is 9.84 Å². The molecule has 0 radical (unpaired) electrons. The minimum absolute atomic E-state index is 0.118. The number of rotatable bonds is 3. The van der Waals surface area contributed by atoms with Gasteiger partial charge in [-0.2, -0.15) is 4.98 Å². The van der Waals surface area contributed by atoms with Crippen LogP contribution in [-0.4, -0.2) is 30.1 Å². The molecule has 2 fully saturated rings. The standard InChI is InChI=1S/C15H14Cl2N2O3S/c16-12-2-1-8(5-13(12)17)10-6-11(10)15-18-14(19-22-15)9-3-4-23(20,21)7-9/h1-2,5,9-11H,3-4,6-7H2/t9?,10-,11+/m0/s1. The van der Waals surface area contributed by atoms with E-state index in [1.807, 2.05) is 12.1 Å². The highest BCUT2D eigenvalue weighted by atomic mass is 35.5. The number of hydrogen-bond donors (Lipinski definition) is 0. The first-order valence-electron chi connectivity index (χ1n) is 7.42. The zero-order valence-corrected chi connectivity index (χ0v) is 14.4. The number of benzene rings is 1. The number of halogens is 2. The highest BCUT2D eigenvalue weighted by Crippen LogP contribution is 2.54. The van der Waals surface area contributed by atoms with E-state index >= 15 is 0 Å². The SMILES string of the molecule is O=S1(=O)CCC(c2noc([C@@H]3C[C@H]3c3ccc(Cl)c(Cl)c3)n2)C1. The normalized spacial score (nSPS) is 28.9. The Bertz CT molecular complexity index is 865. The van der Waals surface area contributed by atoms with Gasteiger partial charge >= 0.3 is 0 Å². The van der Waals surface area contributed by atoms with Crippen LogP contribution in [0, 0.1) is 0 Å². The fraction of sp³-hybridized carbons (Fsp3) is 0.467. The molecule has 0 bridgehead atoms. The van der Waals surface area contributed by atoms with Gasteiger partial charge in [-0.25, -0.2) is 8.42 Å². The molecule has 1 saturated carbocycles. The lowest BCUT2D eigenvalue weighted by atomic mass is 10.1. The van der Waals surface area contributed by atoms with Crippen molar-refractivity contribution in [2.24, 2.45) is 0 Å². The zero-order valence-electron chi connectivity index (χ0n) is 12.1. The molecular formula is C15H14Cl2N2O3S. The molecule has 1 saturated heterocycles. The maximum absolute atomic E-state index is 11.6. The molecule has 0 amide bonds. The molecule has 2 aromatic rings. The van der Waals surface area contributed by atoms with Crippen LogP contribution in [0.4, 0.5) is 0 Å². The molecule has 1 aromatic carbocycles. The van der Waals surface area contributed by atoms with E-state index in [0.717, 1.165) is 12.0 Å². The lowest BCUT2D eigenvalue weighted by Gasteiger charge is -2.01. The Morgan fingerprint density at radius 1 is 1.17 bits per heavy atom. The van der Waals surface area contributed by atoms with Gasteiger partial charge in [-0.15, -0.1) is 0 Å². The van der Waals surface area contributed by atoms with Crippen LogP contribution in [0.25, 0.3) is 0 Å². The van der Waals surface area contributed by atoms with Gasteiger partial charge in [0.05, 0.1) is 21.6 Å². The molecule has 1 aliphatic heterocycles. The molecule has 1 aliphatic carbocycles. The first-order chi connectivity index (χ1) is 10.9. The zero-order chi connectivity index (χ0) is 16.2. The predicted octanol–water partition coefficient (Wildman–Crippen LogP) is 3.55. The van der Waals surface area contributed by atoms with Crippen molar-refractivity contribution in [3.8, 4) is 0 Å². The van der Waals surface area contributed by atoms with E-state index in [1.54, 1.807) is 6.07 Å². The summed E-state index contributed by atoms with van der Waals surface area (Å²) in [4.78, 5) is 4.43. The Kier molecular flexibility index (Phi) is 3.66. The molecule has 23 heavy (non-hydrogen) atoms. The molecule has 2 aliphatic rings. The summed E-state index contributed by atoms with van der Waals surface area (Å²) in [5, 5.41) is 5.06. The van der Waals surface area contributed by atoms with Crippen LogP contribution in [0.5, 0.6) is 0 Å². The van der Waals surface area contributed by atoms with Gasteiger partial charge in [-0.05, 0) is 36.5 Å². The fourth-order valence-electron chi connectivity index (χ4n) is 3.14. The molecule has 5 nitrogen and oxygen atoms in total. The van der Waals surface area contributed by atoms with Gasteiger partial charge < -0.3 is 4.52 Å². The summed E-state index contributed by atoms with van der Waals surface area (Å²) in [6, 6.07) is 5.62. The third-order valence-corrected chi connectivity index (χ3v) is 7.04. The Labute approximate surface area is 143 Å². The quantitative estimate of drug-likeness (QED) is 0.823. The number of nitrogens with zero attached hydrogens (tertiary/aromatic N) is 2. The van der Waals surface area contributed by atoms with Crippen LogP contribution in [0.2, 0.25) is 10.0 Å². The minimum Gasteiger partial charge on any atom is -0.339 e. The molecule has 8 heteroatoms. The summed E-state index contributed by atoms with van der Waals surface area (Å²) in [6.45, 7) is 0. The molecule has 0 N–H and O–H groups in total. The Morgan fingerprint density at radius 2 is 2.00 bits per heavy atom. The summed E-state index contributed by atoms with van der Waals surface area (Å²) in [7, 11) is -2.95. The maximum atomic E-state index is 11.6. The van der Waals surface area contributed by atoms with Crippen LogP contribution >= 0.6 is 23.2 Å². The highest BCUT2D eigenvalue weighted by Gasteiger charge is 2.44. The molecule has 0 spiro atoms. The number of sulfone groups is 1. The van der Waals surface area contributed by atoms with E-state index in [2.05, 4.69) is 10.1 Å². The van der Waals surface area contributed by atoms with Gasteiger partial charge in [0.2, 0.25) is 5.89 Å². The highest BCUT2D eigenvalue weighted by molar-refractivity contribution is 7.91. The molecule has 1 aromatic heterocycles. The second kappa shape index (κ2) is 5.46. The largest absolute Gasteiger partial charge is 0.339 e. The molecule has 1 unspecified atom stereocenters. The third-order valence-electron chi connectivity index (χ3n) is 4.53. The van der Waals surface area contributed by atoms with Gasteiger partial charge in [0.25, 0.3) is 0 Å². The van der Waals surface area contributed by atoms with Crippen molar-refractivity contribution < 1.29 is 12.9 Å². The van der Waals surface area contributed by atoms with Crippen LogP contribution in [-0.2, 0) is 9.84 Å². The number of aromatic nitrogens is 2. The number of hydrogen-bond acceptors (Lipinski definition) is 5. The summed E-state index contributed by atoms with van der Waals surface area (Å²) in [6.07, 6.45) is 1.49. The lowest BCUT2D eigenvalue weighted by Crippen LogP contribution is -2.05. The third kappa shape index (κ3) is 2.99. The van der Waals surface area contributed by atoms with Crippen molar-refractivity contribution >= 4 is 33.0 Å². The van der Waals surface area contributed by atoms with Crippen LogP contribution in [0.3, 0.4) is 0 Å². The van der Waals surface area contributed by atoms with E-state index in [1.165, 1.54) is 0 Å². The van der Waals surface area contributed by atoms with Crippen molar-refractivity contribution in [2.75, 3.05) is 11.5 Å². The first kappa shape index (κ1) is 15.4. The lowest BCUT2D eigenvalue weighted by molar-refractivity contribution is 0.370. The predicted molar refractivity (Wildman–Crippen MR) is 86.9 cm³/mol. The second-order valence-corrected chi connectivity index (χ2v) is 9.26. The minimum atomic E-state index is -2.95. The molecule has 3 atom stereocenters. The van der Waals surface area contributed by atoms with E-state index in [-0.39, 0.29) is 23.3 Å². The van der Waals surface area contributed by atoms with Gasteiger partial charge in [0.15, 0.2) is 15.7 Å². The van der Waals surface area contributed by atoms with Crippen LogP contribution in [0.15, 0.2) is 22.7 Å². The average molecular weight is 373 g/mol. The molecule has 122 valence electrons. The van der Waals surface area contributed by atoms with Gasteiger partial charge in [-0.1, -0.05) is 34.4 Å². The van der Waals surface area contributed by atoms with Crippen molar-refractivity contribution in [2.45, 2.75) is 30.6 Å². The first-order valence-corrected chi connectivity index (χ1v) is 9.99. The average Bonchev–Trinajstić information content (AvgIpc) is 2.98. The topological polar surface area (TPSA) is 73.1 Å². The van der Waals surface area contributed by atoms with Crippen molar-refractivity contribution in [3.05, 3.63) is 45.5 Å². The van der Waals surface area contributed by atoms with Crippen molar-refractivity contribution in [1.29, 1.82) is 0 Å². The summed E-state index contributed by atoms with van der Waals surface area (Å²) in [5.41, 5.74) is 1.10. The van der Waals surface area contributed by atoms with Gasteiger partial charge in [0, 0.05) is 11.8 Å². The molecular weight excluding hydrogens is 359 g/mol. The fourth-order valence-corrected chi connectivity index (χ4v) is 5.19. The molecule has 2 heterocycles.